The normalized spacial score (nSPS) is 45.2. The second-order valence-corrected chi connectivity index (χ2v) is 15.9. The summed E-state index contributed by atoms with van der Waals surface area (Å²) in [4.78, 5) is 58.1. The predicted molar refractivity (Wildman–Crippen MR) is 155 cm³/mol. The van der Waals surface area contributed by atoms with Gasteiger partial charge in [0, 0.05) is 6.42 Å². The van der Waals surface area contributed by atoms with E-state index in [4.69, 9.17) is 44.8 Å². The highest BCUT2D eigenvalue weighted by atomic mass is 32.7. The summed E-state index contributed by atoms with van der Waals surface area (Å²) in [6.07, 6.45) is -4.55. The quantitative estimate of drug-likeness (QED) is 0.157. The van der Waals surface area contributed by atoms with Gasteiger partial charge in [-0.25, -0.2) is 9.56 Å². The van der Waals surface area contributed by atoms with Crippen molar-refractivity contribution in [3.8, 4) is 0 Å². The van der Waals surface area contributed by atoms with Gasteiger partial charge in [0.1, 0.15) is 36.6 Å². The third-order valence-electron chi connectivity index (χ3n) is 7.38. The molecular formula is C20H23N9O11P2S2. The summed E-state index contributed by atoms with van der Waals surface area (Å²) in [6.45, 7) is -9.11. The van der Waals surface area contributed by atoms with Crippen molar-refractivity contribution in [3.63, 3.8) is 0 Å². The van der Waals surface area contributed by atoms with Crippen molar-refractivity contribution in [1.82, 2.24) is 15.1 Å². The van der Waals surface area contributed by atoms with Crippen molar-refractivity contribution in [2.24, 2.45) is 25.0 Å². The molecule has 7 rings (SSSR count). The van der Waals surface area contributed by atoms with Gasteiger partial charge in [-0.15, -0.1) is 0 Å². The molecule has 7 aliphatic heterocycles. The molecule has 0 aliphatic carbocycles. The molecule has 7 heterocycles. The first-order valence-corrected chi connectivity index (χ1v) is 18.2. The minimum Gasteiger partial charge on any atom is -0.386 e. The Labute approximate surface area is 257 Å². The Bertz CT molecular complexity index is 1560. The molecule has 44 heavy (non-hydrogen) atoms. The van der Waals surface area contributed by atoms with Gasteiger partial charge in [-0.2, -0.15) is 9.98 Å². The maximum atomic E-state index is 13.4. The highest BCUT2D eigenvalue weighted by Crippen LogP contribution is 2.57. The summed E-state index contributed by atoms with van der Waals surface area (Å²) in [7, 11) is 0. The molecule has 0 radical (unpaired) electrons. The number of amidine groups is 2. The number of hydrogen-bond donors (Lipinski definition) is 5. The predicted octanol–water partition coefficient (Wildman–Crippen LogP) is -1.89. The third kappa shape index (κ3) is 5.52. The van der Waals surface area contributed by atoms with Gasteiger partial charge in [0.25, 0.3) is 11.8 Å². The van der Waals surface area contributed by atoms with E-state index in [-0.39, 0.29) is 24.7 Å². The Morgan fingerprint density at radius 1 is 1.05 bits per heavy atom. The van der Waals surface area contributed by atoms with Crippen LogP contribution >= 0.6 is 25.8 Å². The zero-order chi connectivity index (χ0) is 31.0. The lowest BCUT2D eigenvalue weighted by Gasteiger charge is -2.31. The Morgan fingerprint density at radius 2 is 1.80 bits per heavy atom. The number of aliphatic hydroxyl groups excluding tert-OH is 1. The number of fused-ring (bicyclic) bond motifs is 5. The first-order chi connectivity index (χ1) is 20.9. The molecule has 2 bridgehead atoms. The lowest BCUT2D eigenvalue weighted by atomic mass is 10.1. The van der Waals surface area contributed by atoms with Gasteiger partial charge in [0.2, 0.25) is 5.96 Å². The van der Waals surface area contributed by atoms with E-state index in [1.807, 2.05) is 0 Å². The first-order valence-electron chi connectivity index (χ1n) is 12.9. The molecule has 11 atom stereocenters. The van der Waals surface area contributed by atoms with Gasteiger partial charge in [0.05, 0.1) is 32.0 Å². The number of carbonyl (C=O) groups excluding carboxylic acids is 2. The van der Waals surface area contributed by atoms with Crippen LogP contribution in [0.1, 0.15) is 6.42 Å². The topological polar surface area (TPSA) is 251 Å². The zero-order valence-electron chi connectivity index (χ0n) is 22.0. The summed E-state index contributed by atoms with van der Waals surface area (Å²) >= 11 is 9.37. The van der Waals surface area contributed by atoms with Crippen LogP contribution in [0, 0.1) is 5.41 Å². The average molecular weight is 692 g/mol. The molecule has 0 aromatic carbocycles. The number of carbonyl (C=O) groups is 2. The molecule has 20 nitrogen and oxygen atoms in total. The van der Waals surface area contributed by atoms with Crippen LogP contribution in [0.25, 0.3) is 0 Å². The lowest BCUT2D eigenvalue weighted by molar-refractivity contribution is -0.120. The van der Waals surface area contributed by atoms with Gasteiger partial charge in [-0.3, -0.25) is 49.1 Å². The zero-order valence-corrected chi connectivity index (χ0v) is 25.5. The summed E-state index contributed by atoms with van der Waals surface area (Å²) in [5.74, 6) is -1.26. The Morgan fingerprint density at radius 3 is 2.59 bits per heavy atom. The van der Waals surface area contributed by atoms with Gasteiger partial charge < -0.3 is 28.5 Å². The molecule has 24 heteroatoms. The van der Waals surface area contributed by atoms with Crippen molar-refractivity contribution in [3.05, 3.63) is 0 Å². The van der Waals surface area contributed by atoms with Crippen LogP contribution in [-0.2, 0) is 53.5 Å². The highest BCUT2D eigenvalue weighted by molar-refractivity contribution is 8.44. The molecule has 7 aliphatic rings. The van der Waals surface area contributed by atoms with Crippen LogP contribution in [0.2, 0.25) is 0 Å². The van der Waals surface area contributed by atoms with Gasteiger partial charge in [-0.05, 0) is 11.8 Å². The molecule has 4 N–H and O–H groups in total. The van der Waals surface area contributed by atoms with E-state index in [2.05, 4.69) is 42.5 Å². The van der Waals surface area contributed by atoms with E-state index >= 15 is 0 Å². The van der Waals surface area contributed by atoms with E-state index in [1.165, 1.54) is 22.5 Å². The van der Waals surface area contributed by atoms with Crippen LogP contribution < -0.4 is 5.32 Å². The Balaban J connectivity index is 1.13. The molecule has 0 spiro atoms. The fraction of sp³-hybridized carbons (Fsp3) is 0.600. The maximum Gasteiger partial charge on any atom is 0.386 e. The van der Waals surface area contributed by atoms with Crippen molar-refractivity contribution in [2.75, 3.05) is 13.2 Å². The van der Waals surface area contributed by atoms with Crippen LogP contribution in [0.5, 0.6) is 0 Å². The molecule has 3 saturated heterocycles. The minimum atomic E-state index is -4.21. The second-order valence-electron chi connectivity index (χ2n) is 10.2. The number of aliphatic hydroxyl groups is 1. The standard InChI is InChI=1S/C20H23N9O11P2S2/c21-20-26-15-11(17(32)27-20)25-6-29(15)18-8-1-7(37-18)2-35-42(34,44)40-13-9(3-36-41(33,43)39-8)38-19(12(13)30)28-5-24-10-14(28)22-4-23-16(10)31/h4-13,18-19,30H,1-3H2,(H,33,43)(H,34,44)(H2,21,27,32)/t7-,8+,9+,10?,11?,12+,13+,18+,19+,41?,42?/m0/s1. The molecule has 3 fully saturated rings. The van der Waals surface area contributed by atoms with E-state index < -0.39 is 93.0 Å². The molecule has 0 aromatic heterocycles. The minimum absolute atomic E-state index is 0.0559. The number of amides is 2. The smallest absolute Gasteiger partial charge is 0.386 e. The fourth-order valence-electron chi connectivity index (χ4n) is 5.47. The van der Waals surface area contributed by atoms with Gasteiger partial charge >= 0.3 is 13.5 Å². The number of hydrogen-bond acceptors (Lipinski definition) is 17. The van der Waals surface area contributed by atoms with Crippen LogP contribution in [0.4, 0.5) is 0 Å². The average Bonchev–Trinajstić information content (AvgIpc) is 3.72. The number of rotatable bonds is 2. The SMILES string of the molecule is N=C1N=C2C(N=CN2[C@@H]2O[C@@H]3COP(=O)(S)O[C@H]4[C@@H](O)[C@H](N5C=NC6C(=O)N=CN=C65)O[C@@H]4COP(O)(=S)O[C@@H]2C3)C(=O)N1. The van der Waals surface area contributed by atoms with Gasteiger partial charge in [-0.1, -0.05) is 12.2 Å². The number of ether oxygens (including phenoxy) is 2. The molecule has 0 aromatic rings. The summed E-state index contributed by atoms with van der Waals surface area (Å²) in [5.41, 5.74) is 0. The summed E-state index contributed by atoms with van der Waals surface area (Å²) < 4.78 is 48.0. The van der Waals surface area contributed by atoms with Crippen LogP contribution in [-0.4, -0.2) is 137 Å². The highest BCUT2D eigenvalue weighted by Gasteiger charge is 2.54. The van der Waals surface area contributed by atoms with Gasteiger partial charge in [0.15, 0.2) is 30.4 Å². The second kappa shape index (κ2) is 11.2. The number of nitrogens with zero attached hydrogens (tertiary/aromatic N) is 7. The van der Waals surface area contributed by atoms with Crippen molar-refractivity contribution < 1.29 is 51.7 Å². The van der Waals surface area contributed by atoms with Crippen molar-refractivity contribution in [1.29, 1.82) is 5.41 Å². The van der Waals surface area contributed by atoms with E-state index in [0.29, 0.717) is 0 Å². The van der Waals surface area contributed by atoms with E-state index in [0.717, 1.165) is 6.34 Å². The Kier molecular flexibility index (Phi) is 7.71. The largest absolute Gasteiger partial charge is 0.386 e. The van der Waals surface area contributed by atoms with E-state index in [9.17, 15) is 24.2 Å². The number of guanidine groups is 1. The third-order valence-corrected chi connectivity index (χ3v) is 10.6. The van der Waals surface area contributed by atoms with Crippen molar-refractivity contribution >= 4 is 86.0 Å². The summed E-state index contributed by atoms with van der Waals surface area (Å²) in [6, 6.07) is -2.04. The first kappa shape index (κ1) is 30.3. The molecule has 2 amide bonds. The monoisotopic (exact) mass is 691 g/mol. The lowest BCUT2D eigenvalue weighted by Crippen LogP contribution is -2.52. The molecule has 4 unspecified atom stereocenters. The molecule has 236 valence electrons. The Hall–Kier alpha value is -2.33. The summed E-state index contributed by atoms with van der Waals surface area (Å²) in [5, 5.41) is 21.3. The molecule has 0 saturated carbocycles. The van der Waals surface area contributed by atoms with Crippen molar-refractivity contribution in [2.45, 2.75) is 61.5 Å². The molecular weight excluding hydrogens is 668 g/mol. The maximum absolute atomic E-state index is 13.4. The number of nitrogens with one attached hydrogen (secondary N) is 2. The van der Waals surface area contributed by atoms with E-state index in [1.54, 1.807) is 0 Å². The van der Waals surface area contributed by atoms with Crippen LogP contribution in [0.3, 0.4) is 0 Å². The number of aliphatic imine (C=N–C) groups is 5. The number of thiol groups is 1. The van der Waals surface area contributed by atoms with Crippen LogP contribution in [0.15, 0.2) is 25.0 Å². The fourth-order valence-corrected chi connectivity index (χ4v) is 8.42.